The highest BCUT2D eigenvalue weighted by atomic mass is 32.1. The zero-order valence-corrected chi connectivity index (χ0v) is 22.9. The number of nitrogens with one attached hydrogen (secondary N) is 1. The van der Waals surface area contributed by atoms with Crippen LogP contribution in [0, 0.1) is 12.3 Å². The van der Waals surface area contributed by atoms with Gasteiger partial charge in [-0.3, -0.25) is 14.5 Å². The van der Waals surface area contributed by atoms with E-state index in [1.54, 1.807) is 11.3 Å². The summed E-state index contributed by atoms with van der Waals surface area (Å²) in [4.78, 5) is 34.8. The number of likely N-dealkylation sites (tertiary alicyclic amines) is 1. The fraction of sp³-hybridized carbons (Fsp3) is 0.571. The number of amides is 2. The van der Waals surface area contributed by atoms with Crippen LogP contribution in [-0.2, 0) is 22.7 Å². The van der Waals surface area contributed by atoms with E-state index in [9.17, 15) is 9.59 Å². The second-order valence-electron chi connectivity index (χ2n) is 11.5. The van der Waals surface area contributed by atoms with Gasteiger partial charge in [-0.15, -0.1) is 0 Å². The van der Waals surface area contributed by atoms with Crippen molar-refractivity contribution in [3.05, 3.63) is 52.4 Å². The van der Waals surface area contributed by atoms with Crippen LogP contribution in [0.4, 0.5) is 0 Å². The molecular formula is C28H39BN4O2S. The van der Waals surface area contributed by atoms with Crippen LogP contribution in [0.15, 0.2) is 36.4 Å². The monoisotopic (exact) mass is 506 g/mol. The Hall–Kier alpha value is -2.16. The summed E-state index contributed by atoms with van der Waals surface area (Å²) in [6, 6.07) is 12.1. The smallest absolute Gasteiger partial charge is 0.240 e. The van der Waals surface area contributed by atoms with Gasteiger partial charge in [-0.25, -0.2) is 0 Å². The molecule has 1 N–H and O–H groups in total. The van der Waals surface area contributed by atoms with Gasteiger partial charge in [0, 0.05) is 63.2 Å². The number of hydrogen-bond donors (Lipinski definition) is 1. The first kappa shape index (κ1) is 26.9. The number of carbonyl (C=O) groups excluding carboxylic acids is 2. The minimum atomic E-state index is -0.237. The van der Waals surface area contributed by atoms with Crippen molar-refractivity contribution < 1.29 is 9.59 Å². The van der Waals surface area contributed by atoms with Gasteiger partial charge in [0.15, 0.2) is 0 Å². The van der Waals surface area contributed by atoms with E-state index in [0.29, 0.717) is 32.5 Å². The second-order valence-corrected chi connectivity index (χ2v) is 12.7. The Kier molecular flexibility index (Phi) is 8.58. The molecule has 2 saturated heterocycles. The molecular weight excluding hydrogens is 467 g/mol. The number of rotatable bonds is 7. The number of thiophene rings is 1. The minimum absolute atomic E-state index is 0.0189. The van der Waals surface area contributed by atoms with Crippen LogP contribution < -0.4 is 10.1 Å². The summed E-state index contributed by atoms with van der Waals surface area (Å²) in [5.41, 5.74) is 2.21. The molecule has 8 heteroatoms. The molecule has 6 nitrogen and oxygen atoms in total. The number of carbonyl (C=O) groups is 2. The zero-order chi connectivity index (χ0) is 25.9. The van der Waals surface area contributed by atoms with Crippen molar-refractivity contribution in [1.82, 2.24) is 20.0 Å². The van der Waals surface area contributed by atoms with Crippen molar-refractivity contribution in [2.24, 2.45) is 5.41 Å². The van der Waals surface area contributed by atoms with Crippen LogP contribution in [0.2, 0.25) is 0 Å². The third-order valence-electron chi connectivity index (χ3n) is 7.01. The number of piperazine rings is 1. The molecule has 2 fully saturated rings. The summed E-state index contributed by atoms with van der Waals surface area (Å²) in [7, 11) is 6.00. The zero-order valence-electron chi connectivity index (χ0n) is 22.1. The first-order valence-electron chi connectivity index (χ1n) is 13.0. The van der Waals surface area contributed by atoms with Crippen molar-refractivity contribution in [2.75, 3.05) is 32.7 Å². The van der Waals surface area contributed by atoms with E-state index in [-0.39, 0.29) is 29.3 Å². The van der Waals surface area contributed by atoms with Crippen LogP contribution >= 0.6 is 11.3 Å². The van der Waals surface area contributed by atoms with Crippen LogP contribution in [0.25, 0.3) is 0 Å². The molecule has 2 aliphatic heterocycles. The molecule has 2 atom stereocenters. The van der Waals surface area contributed by atoms with Gasteiger partial charge < -0.3 is 15.1 Å². The van der Waals surface area contributed by atoms with Crippen LogP contribution in [0.5, 0.6) is 0 Å². The number of benzene rings is 1. The standard InChI is InChI=1S/C28H39BN4O2S/c1-20-6-5-7-21(14-20)17-33(26(34)16-28(2,3)4)22-15-24(27(35)31-12-10-30-11-13-31)32(18-22)19-23-8-9-25(29)36-23/h5-9,14,22,24,30H,10-13,15-19H2,1-4H3/t22-,24-/m0/s1. The van der Waals surface area contributed by atoms with E-state index in [0.717, 1.165) is 41.4 Å². The molecule has 0 bridgehead atoms. The van der Waals surface area contributed by atoms with Crippen molar-refractivity contribution in [1.29, 1.82) is 0 Å². The lowest BCUT2D eigenvalue weighted by Crippen LogP contribution is -2.52. The van der Waals surface area contributed by atoms with Gasteiger partial charge >= 0.3 is 0 Å². The molecule has 2 aromatic rings. The molecule has 2 radical (unpaired) electrons. The van der Waals surface area contributed by atoms with E-state index in [1.165, 1.54) is 5.56 Å². The average molecular weight is 507 g/mol. The number of hydrogen-bond acceptors (Lipinski definition) is 5. The predicted molar refractivity (Wildman–Crippen MR) is 148 cm³/mol. The SMILES string of the molecule is [B]c1ccc(CN2C[C@@H](N(Cc3cccc(C)c3)C(=O)CC(C)(C)C)C[C@H]2C(=O)N2CCNCC2)s1. The molecule has 3 heterocycles. The van der Waals surface area contributed by atoms with Gasteiger partial charge in [0.05, 0.1) is 6.04 Å². The molecule has 0 saturated carbocycles. The van der Waals surface area contributed by atoms with E-state index in [4.69, 9.17) is 7.85 Å². The first-order chi connectivity index (χ1) is 17.1. The highest BCUT2D eigenvalue weighted by Crippen LogP contribution is 2.30. The van der Waals surface area contributed by atoms with E-state index >= 15 is 0 Å². The Morgan fingerprint density at radius 1 is 1.17 bits per heavy atom. The molecule has 192 valence electrons. The first-order valence-corrected chi connectivity index (χ1v) is 13.8. The summed E-state index contributed by atoms with van der Waals surface area (Å²) < 4.78 is 0.784. The molecule has 36 heavy (non-hydrogen) atoms. The Morgan fingerprint density at radius 2 is 1.92 bits per heavy atom. The minimum Gasteiger partial charge on any atom is -0.339 e. The van der Waals surface area contributed by atoms with Gasteiger partial charge in [0.2, 0.25) is 11.8 Å². The van der Waals surface area contributed by atoms with Gasteiger partial charge in [0.25, 0.3) is 0 Å². The maximum Gasteiger partial charge on any atom is 0.240 e. The molecule has 2 amide bonds. The highest BCUT2D eigenvalue weighted by Gasteiger charge is 2.42. The topological polar surface area (TPSA) is 55.9 Å². The van der Waals surface area contributed by atoms with Gasteiger partial charge in [-0.05, 0) is 35.2 Å². The molecule has 0 unspecified atom stereocenters. The molecule has 1 aromatic carbocycles. The number of aryl methyl sites for hydroxylation is 1. The van der Waals surface area contributed by atoms with Crippen molar-refractivity contribution in [3.63, 3.8) is 0 Å². The Bertz CT molecular complexity index is 1060. The van der Waals surface area contributed by atoms with Gasteiger partial charge in [-0.1, -0.05) is 56.7 Å². The number of nitrogens with zero attached hydrogens (tertiary/aromatic N) is 3. The maximum absolute atomic E-state index is 13.7. The predicted octanol–water partition coefficient (Wildman–Crippen LogP) is 2.69. The van der Waals surface area contributed by atoms with Crippen molar-refractivity contribution >= 4 is 35.8 Å². The van der Waals surface area contributed by atoms with Gasteiger partial charge in [-0.2, -0.15) is 11.3 Å². The summed E-state index contributed by atoms with van der Waals surface area (Å²) in [5, 5.41) is 3.34. The molecule has 1 aromatic heterocycles. The van der Waals surface area contributed by atoms with E-state index < -0.39 is 0 Å². The molecule has 0 spiro atoms. The third kappa shape index (κ3) is 6.99. The fourth-order valence-corrected chi connectivity index (χ4v) is 6.10. The van der Waals surface area contributed by atoms with Crippen molar-refractivity contribution in [2.45, 2.75) is 65.7 Å². The average Bonchev–Trinajstić information content (AvgIpc) is 3.42. The molecule has 2 aliphatic rings. The largest absolute Gasteiger partial charge is 0.339 e. The molecule has 0 aliphatic carbocycles. The Labute approximate surface area is 221 Å². The molecule has 4 rings (SSSR count). The van der Waals surface area contributed by atoms with Crippen LogP contribution in [0.3, 0.4) is 0 Å². The maximum atomic E-state index is 13.7. The lowest BCUT2D eigenvalue weighted by atomic mass is 9.91. The van der Waals surface area contributed by atoms with E-state index in [1.807, 2.05) is 15.9 Å². The lowest BCUT2D eigenvalue weighted by molar-refractivity contribution is -0.138. The third-order valence-corrected chi connectivity index (χ3v) is 7.91. The lowest BCUT2D eigenvalue weighted by Gasteiger charge is -2.32. The Morgan fingerprint density at radius 3 is 2.56 bits per heavy atom. The highest BCUT2D eigenvalue weighted by molar-refractivity contribution is 7.20. The summed E-state index contributed by atoms with van der Waals surface area (Å²) >= 11 is 1.57. The van der Waals surface area contributed by atoms with Crippen molar-refractivity contribution in [3.8, 4) is 0 Å². The van der Waals surface area contributed by atoms with Crippen LogP contribution in [0.1, 0.15) is 49.6 Å². The summed E-state index contributed by atoms with van der Waals surface area (Å²) in [6.07, 6.45) is 1.14. The quantitative estimate of drug-likeness (QED) is 0.587. The van der Waals surface area contributed by atoms with E-state index in [2.05, 4.69) is 68.2 Å². The second kappa shape index (κ2) is 11.5. The normalized spacial score (nSPS) is 21.1. The summed E-state index contributed by atoms with van der Waals surface area (Å²) in [6.45, 7) is 13.4. The van der Waals surface area contributed by atoms with Gasteiger partial charge in [0.1, 0.15) is 7.85 Å². The Balaban J connectivity index is 1.60. The van der Waals surface area contributed by atoms with Crippen LogP contribution in [-0.4, -0.2) is 79.2 Å². The summed E-state index contributed by atoms with van der Waals surface area (Å²) in [5.74, 6) is 0.340. The fourth-order valence-electron chi connectivity index (χ4n) is 5.30.